The summed E-state index contributed by atoms with van der Waals surface area (Å²) < 4.78 is 31.8. The van der Waals surface area contributed by atoms with Crippen molar-refractivity contribution < 1.29 is 23.1 Å². The highest BCUT2D eigenvalue weighted by Crippen LogP contribution is 2.16. The van der Waals surface area contributed by atoms with Crippen LogP contribution in [0.2, 0.25) is 0 Å². The summed E-state index contributed by atoms with van der Waals surface area (Å²) in [4.78, 5) is 10.7. The van der Waals surface area contributed by atoms with Crippen LogP contribution in [0.15, 0.2) is 24.3 Å². The van der Waals surface area contributed by atoms with Crippen molar-refractivity contribution in [3.63, 3.8) is 0 Å². The average molecular weight is 313 g/mol. The van der Waals surface area contributed by atoms with Crippen LogP contribution in [0.1, 0.15) is 28.8 Å². The number of carbonyl (C=O) groups is 1. The molecule has 0 radical (unpaired) electrons. The van der Waals surface area contributed by atoms with Crippen molar-refractivity contribution in [2.45, 2.75) is 19.4 Å². The number of carboxylic acid groups (broad SMARTS) is 1. The molecule has 1 aromatic carbocycles. The van der Waals surface area contributed by atoms with Crippen LogP contribution in [0.25, 0.3) is 0 Å². The molecule has 0 spiro atoms. The Hall–Kier alpha value is -1.44. The summed E-state index contributed by atoms with van der Waals surface area (Å²) in [7, 11) is -3.33. The van der Waals surface area contributed by atoms with Gasteiger partial charge < -0.3 is 9.84 Å². The number of benzene rings is 1. The Morgan fingerprint density at radius 1 is 1.24 bits per heavy atom. The molecule has 0 bridgehead atoms. The smallest absolute Gasteiger partial charge is 0.335 e. The summed E-state index contributed by atoms with van der Waals surface area (Å²) >= 11 is 0. The van der Waals surface area contributed by atoms with Crippen molar-refractivity contribution in [1.29, 1.82) is 0 Å². The monoisotopic (exact) mass is 313 g/mol. The van der Waals surface area contributed by atoms with Crippen molar-refractivity contribution in [3.8, 4) is 0 Å². The first-order valence-corrected chi connectivity index (χ1v) is 8.49. The molecule has 0 amide bonds. The van der Waals surface area contributed by atoms with Gasteiger partial charge in [0.05, 0.1) is 11.3 Å². The predicted molar refractivity (Wildman–Crippen MR) is 77.6 cm³/mol. The maximum Gasteiger partial charge on any atom is 0.335 e. The van der Waals surface area contributed by atoms with Crippen LogP contribution in [0, 0.1) is 5.92 Å². The van der Waals surface area contributed by atoms with Crippen molar-refractivity contribution in [3.05, 3.63) is 35.4 Å². The second kappa shape index (κ2) is 7.02. The Balaban J connectivity index is 1.87. The van der Waals surface area contributed by atoms with Crippen LogP contribution in [0.5, 0.6) is 0 Å². The predicted octanol–water partition coefficient (Wildman–Crippen LogP) is 1.23. The molecule has 0 aliphatic carbocycles. The molecule has 21 heavy (non-hydrogen) atoms. The van der Waals surface area contributed by atoms with E-state index in [2.05, 4.69) is 4.72 Å². The number of hydrogen-bond acceptors (Lipinski definition) is 4. The van der Waals surface area contributed by atoms with Gasteiger partial charge in [0.15, 0.2) is 0 Å². The molecule has 0 atom stereocenters. The molecule has 1 fully saturated rings. The first kappa shape index (κ1) is 15.9. The number of ether oxygens (including phenoxy) is 1. The summed E-state index contributed by atoms with van der Waals surface area (Å²) in [5, 5.41) is 8.80. The number of rotatable bonds is 6. The third-order valence-electron chi connectivity index (χ3n) is 3.49. The SMILES string of the molecule is O=C(O)c1ccc(CNS(=O)(=O)CC2CCOCC2)cc1. The van der Waals surface area contributed by atoms with E-state index in [1.54, 1.807) is 12.1 Å². The first-order chi connectivity index (χ1) is 9.96. The van der Waals surface area contributed by atoms with Gasteiger partial charge in [-0.25, -0.2) is 17.9 Å². The van der Waals surface area contributed by atoms with E-state index < -0.39 is 16.0 Å². The van der Waals surface area contributed by atoms with Crippen molar-refractivity contribution >= 4 is 16.0 Å². The lowest BCUT2D eigenvalue weighted by Gasteiger charge is -2.21. The normalized spacial score (nSPS) is 16.8. The van der Waals surface area contributed by atoms with E-state index in [-0.39, 0.29) is 23.8 Å². The Labute approximate surface area is 124 Å². The van der Waals surface area contributed by atoms with E-state index in [1.807, 2.05) is 0 Å². The minimum absolute atomic E-state index is 0.115. The molecule has 1 aromatic rings. The van der Waals surface area contributed by atoms with Crippen molar-refractivity contribution in [2.24, 2.45) is 5.92 Å². The lowest BCUT2D eigenvalue weighted by Crippen LogP contribution is -2.31. The maximum absolute atomic E-state index is 12.0. The van der Waals surface area contributed by atoms with Crippen LogP contribution in [-0.4, -0.2) is 38.5 Å². The van der Waals surface area contributed by atoms with E-state index in [4.69, 9.17) is 9.84 Å². The zero-order valence-electron chi connectivity index (χ0n) is 11.6. The van der Waals surface area contributed by atoms with Crippen LogP contribution in [-0.2, 0) is 21.3 Å². The summed E-state index contributed by atoms with van der Waals surface area (Å²) in [6.45, 7) is 1.42. The van der Waals surface area contributed by atoms with E-state index in [1.165, 1.54) is 12.1 Å². The molecule has 1 aliphatic rings. The van der Waals surface area contributed by atoms with Gasteiger partial charge >= 0.3 is 5.97 Å². The topological polar surface area (TPSA) is 92.7 Å². The molecule has 0 unspecified atom stereocenters. The highest BCUT2D eigenvalue weighted by atomic mass is 32.2. The van der Waals surface area contributed by atoms with Gasteiger partial charge in [-0.1, -0.05) is 12.1 Å². The van der Waals surface area contributed by atoms with Gasteiger partial charge in [0, 0.05) is 19.8 Å². The fraction of sp³-hybridized carbons (Fsp3) is 0.500. The molecule has 1 saturated heterocycles. The number of aromatic carboxylic acids is 1. The van der Waals surface area contributed by atoms with Crippen LogP contribution in [0.4, 0.5) is 0 Å². The first-order valence-electron chi connectivity index (χ1n) is 6.83. The van der Waals surface area contributed by atoms with Crippen LogP contribution in [0.3, 0.4) is 0 Å². The summed E-state index contributed by atoms with van der Waals surface area (Å²) in [6, 6.07) is 6.15. The standard InChI is InChI=1S/C14H19NO5S/c16-14(17)13-3-1-11(2-4-13)9-15-21(18,19)10-12-5-7-20-8-6-12/h1-4,12,15H,5-10H2,(H,16,17). The molecule has 6 nitrogen and oxygen atoms in total. The molecule has 2 N–H and O–H groups in total. The Bertz CT molecular complexity index is 576. The zero-order valence-corrected chi connectivity index (χ0v) is 12.4. The minimum atomic E-state index is -3.33. The van der Waals surface area contributed by atoms with Crippen molar-refractivity contribution in [2.75, 3.05) is 19.0 Å². The largest absolute Gasteiger partial charge is 0.478 e. The Morgan fingerprint density at radius 2 is 1.86 bits per heavy atom. The van der Waals surface area contributed by atoms with Gasteiger partial charge in [-0.3, -0.25) is 0 Å². The third-order valence-corrected chi connectivity index (χ3v) is 4.99. The van der Waals surface area contributed by atoms with Gasteiger partial charge in [-0.15, -0.1) is 0 Å². The average Bonchev–Trinajstić information content (AvgIpc) is 2.46. The maximum atomic E-state index is 12.0. The van der Waals surface area contributed by atoms with Crippen molar-refractivity contribution in [1.82, 2.24) is 4.72 Å². The number of carboxylic acids is 1. The second-order valence-corrected chi connectivity index (χ2v) is 7.01. The van der Waals surface area contributed by atoms with Gasteiger partial charge in [0.1, 0.15) is 0 Å². The highest BCUT2D eigenvalue weighted by Gasteiger charge is 2.21. The molecule has 116 valence electrons. The molecular weight excluding hydrogens is 294 g/mol. The highest BCUT2D eigenvalue weighted by molar-refractivity contribution is 7.89. The summed E-state index contributed by atoms with van der Waals surface area (Å²) in [5.74, 6) is -0.740. The molecular formula is C14H19NO5S. The molecule has 7 heteroatoms. The molecule has 0 aromatic heterocycles. The summed E-state index contributed by atoms with van der Waals surface area (Å²) in [5.41, 5.74) is 0.916. The van der Waals surface area contributed by atoms with Gasteiger partial charge in [0.25, 0.3) is 0 Å². The van der Waals surface area contributed by atoms with E-state index in [9.17, 15) is 13.2 Å². The second-order valence-electron chi connectivity index (χ2n) is 5.16. The number of nitrogens with one attached hydrogen (secondary N) is 1. The van der Waals surface area contributed by atoms with Gasteiger partial charge in [-0.2, -0.15) is 0 Å². The lowest BCUT2D eigenvalue weighted by atomic mass is 10.0. The summed E-state index contributed by atoms with van der Waals surface area (Å²) in [6.07, 6.45) is 1.54. The minimum Gasteiger partial charge on any atom is -0.478 e. The zero-order chi connectivity index (χ0) is 15.3. The fourth-order valence-electron chi connectivity index (χ4n) is 2.24. The van der Waals surface area contributed by atoms with E-state index in [0.717, 1.165) is 18.4 Å². The Morgan fingerprint density at radius 3 is 2.43 bits per heavy atom. The number of sulfonamides is 1. The van der Waals surface area contributed by atoms with Crippen LogP contribution >= 0.6 is 0 Å². The molecule has 2 rings (SSSR count). The lowest BCUT2D eigenvalue weighted by molar-refractivity contribution is 0.0696. The Kier molecular flexibility index (Phi) is 5.33. The van der Waals surface area contributed by atoms with Gasteiger partial charge in [-0.05, 0) is 36.5 Å². The van der Waals surface area contributed by atoms with E-state index in [0.29, 0.717) is 13.2 Å². The molecule has 1 aliphatic heterocycles. The quantitative estimate of drug-likeness (QED) is 0.824. The van der Waals surface area contributed by atoms with E-state index >= 15 is 0 Å². The molecule has 1 heterocycles. The number of hydrogen-bond donors (Lipinski definition) is 2. The van der Waals surface area contributed by atoms with Crippen LogP contribution < -0.4 is 4.72 Å². The molecule has 0 saturated carbocycles. The van der Waals surface area contributed by atoms with Gasteiger partial charge in [0.2, 0.25) is 10.0 Å². The fourth-order valence-corrected chi connectivity index (χ4v) is 3.70. The third kappa shape index (κ3) is 5.11.